The molecule has 0 fully saturated rings. The minimum Gasteiger partial charge on any atom is -0.508 e. The van der Waals surface area contributed by atoms with Crippen molar-refractivity contribution in [1.82, 2.24) is 0 Å². The van der Waals surface area contributed by atoms with Gasteiger partial charge < -0.3 is 10.2 Å². The molecule has 0 bridgehead atoms. The first-order valence-corrected chi connectivity index (χ1v) is 10.0. The molecule has 0 aliphatic rings. The Hall–Kier alpha value is -3.26. The largest absolute Gasteiger partial charge is 0.508 e. The number of benzene rings is 4. The van der Waals surface area contributed by atoms with Crippen molar-refractivity contribution >= 4 is 10.8 Å². The fourth-order valence-electron chi connectivity index (χ4n) is 3.94. The third-order valence-corrected chi connectivity index (χ3v) is 5.79. The first-order valence-electron chi connectivity index (χ1n) is 10.0. The number of fused-ring (bicyclic) bond motifs is 1. The zero-order valence-corrected chi connectivity index (χ0v) is 16.9. The maximum Gasteiger partial charge on any atom is 0.123 e. The van der Waals surface area contributed by atoms with Crippen molar-refractivity contribution in [2.75, 3.05) is 0 Å². The standard InChI is InChI=1S/C27H26O2/c1-27(2,15-14-19-8-4-3-5-9-19)24-18-25(28)23(17-26(24)29)22-13-12-20-10-6-7-11-21(20)16-22/h3-13,16-18,28-29H,14-15H2,1-2H3. The second-order valence-corrected chi connectivity index (χ2v) is 8.32. The van der Waals surface area contributed by atoms with Crippen LogP contribution in [0, 0.1) is 0 Å². The maximum atomic E-state index is 10.8. The zero-order valence-electron chi connectivity index (χ0n) is 16.9. The van der Waals surface area contributed by atoms with Crippen LogP contribution in [0.4, 0.5) is 0 Å². The van der Waals surface area contributed by atoms with E-state index in [9.17, 15) is 10.2 Å². The molecule has 0 atom stereocenters. The average molecular weight is 383 g/mol. The van der Waals surface area contributed by atoms with Gasteiger partial charge in [-0.25, -0.2) is 0 Å². The molecule has 0 saturated heterocycles. The second kappa shape index (κ2) is 7.63. The summed E-state index contributed by atoms with van der Waals surface area (Å²) in [4.78, 5) is 0. The lowest BCUT2D eigenvalue weighted by molar-refractivity contribution is 0.413. The highest BCUT2D eigenvalue weighted by molar-refractivity contribution is 5.88. The number of hydrogen-bond acceptors (Lipinski definition) is 2. The first kappa shape index (κ1) is 19.1. The van der Waals surface area contributed by atoms with Gasteiger partial charge in [0.15, 0.2) is 0 Å². The molecule has 0 aliphatic heterocycles. The lowest BCUT2D eigenvalue weighted by Gasteiger charge is -2.27. The molecule has 29 heavy (non-hydrogen) atoms. The molecule has 0 amide bonds. The Bertz CT molecular complexity index is 1140. The Morgan fingerprint density at radius 2 is 1.38 bits per heavy atom. The maximum absolute atomic E-state index is 10.8. The van der Waals surface area contributed by atoms with Crippen molar-refractivity contribution < 1.29 is 10.2 Å². The normalized spacial score (nSPS) is 11.7. The van der Waals surface area contributed by atoms with Gasteiger partial charge in [0.05, 0.1) is 0 Å². The van der Waals surface area contributed by atoms with Crippen LogP contribution in [0.3, 0.4) is 0 Å². The number of rotatable bonds is 5. The van der Waals surface area contributed by atoms with Crippen molar-refractivity contribution in [2.24, 2.45) is 0 Å². The van der Waals surface area contributed by atoms with E-state index >= 15 is 0 Å². The molecule has 2 nitrogen and oxygen atoms in total. The van der Waals surface area contributed by atoms with Gasteiger partial charge in [-0.3, -0.25) is 0 Å². The molecule has 0 heterocycles. The third-order valence-electron chi connectivity index (χ3n) is 5.79. The average Bonchev–Trinajstić information content (AvgIpc) is 2.74. The summed E-state index contributed by atoms with van der Waals surface area (Å²) < 4.78 is 0. The van der Waals surface area contributed by atoms with Crippen molar-refractivity contribution in [2.45, 2.75) is 32.1 Å². The summed E-state index contributed by atoms with van der Waals surface area (Å²) in [5, 5.41) is 23.8. The Morgan fingerprint density at radius 3 is 2.14 bits per heavy atom. The third kappa shape index (κ3) is 3.97. The van der Waals surface area contributed by atoms with Crippen molar-refractivity contribution in [3.8, 4) is 22.6 Å². The summed E-state index contributed by atoms with van der Waals surface area (Å²) in [6.07, 6.45) is 1.79. The van der Waals surface area contributed by atoms with Crippen LogP contribution >= 0.6 is 0 Å². The number of phenols is 2. The summed E-state index contributed by atoms with van der Waals surface area (Å²) in [5.74, 6) is 0.421. The van der Waals surface area contributed by atoms with Gasteiger partial charge in [-0.2, -0.15) is 0 Å². The lowest BCUT2D eigenvalue weighted by Crippen LogP contribution is -2.18. The van der Waals surface area contributed by atoms with Crippen LogP contribution in [0.1, 0.15) is 31.4 Å². The topological polar surface area (TPSA) is 40.5 Å². The zero-order chi connectivity index (χ0) is 20.4. The molecule has 0 saturated carbocycles. The summed E-state index contributed by atoms with van der Waals surface area (Å²) in [6.45, 7) is 4.22. The van der Waals surface area contributed by atoms with E-state index in [1.54, 1.807) is 12.1 Å². The summed E-state index contributed by atoms with van der Waals surface area (Å²) in [6, 6.07) is 28.0. The lowest BCUT2D eigenvalue weighted by atomic mass is 9.78. The minimum absolute atomic E-state index is 0.195. The smallest absolute Gasteiger partial charge is 0.123 e. The molecule has 0 spiro atoms. The Labute approximate surface area is 172 Å². The van der Waals surface area contributed by atoms with Gasteiger partial charge in [-0.1, -0.05) is 80.6 Å². The molecular formula is C27H26O2. The van der Waals surface area contributed by atoms with E-state index in [1.165, 1.54) is 5.56 Å². The quantitative estimate of drug-likeness (QED) is 0.371. The van der Waals surface area contributed by atoms with Crippen LogP contribution in [-0.2, 0) is 11.8 Å². The van der Waals surface area contributed by atoms with Crippen LogP contribution in [0.25, 0.3) is 21.9 Å². The van der Waals surface area contributed by atoms with Gasteiger partial charge in [0.25, 0.3) is 0 Å². The molecular weight excluding hydrogens is 356 g/mol. The Balaban J connectivity index is 1.65. The van der Waals surface area contributed by atoms with Gasteiger partial charge in [0.2, 0.25) is 0 Å². The summed E-state index contributed by atoms with van der Waals surface area (Å²) in [7, 11) is 0. The van der Waals surface area contributed by atoms with Gasteiger partial charge in [0, 0.05) is 11.1 Å². The van der Waals surface area contributed by atoms with Crippen molar-refractivity contribution in [3.05, 3.63) is 96.1 Å². The highest BCUT2D eigenvalue weighted by Crippen LogP contribution is 2.42. The molecule has 4 rings (SSSR count). The molecule has 0 aliphatic carbocycles. The number of aryl methyl sites for hydroxylation is 1. The first-order chi connectivity index (χ1) is 13.9. The predicted molar refractivity (Wildman–Crippen MR) is 121 cm³/mol. The van der Waals surface area contributed by atoms with Crippen molar-refractivity contribution in [1.29, 1.82) is 0 Å². The Kier molecular flexibility index (Phi) is 5.02. The fourth-order valence-corrected chi connectivity index (χ4v) is 3.94. The van der Waals surface area contributed by atoms with Crippen LogP contribution in [0.2, 0.25) is 0 Å². The van der Waals surface area contributed by atoms with E-state index in [0.29, 0.717) is 5.56 Å². The molecule has 2 heteroatoms. The van der Waals surface area contributed by atoms with Crippen LogP contribution in [-0.4, -0.2) is 10.2 Å². The summed E-state index contributed by atoms with van der Waals surface area (Å²) in [5.41, 5.74) is 3.33. The highest BCUT2D eigenvalue weighted by atomic mass is 16.3. The van der Waals surface area contributed by atoms with Gasteiger partial charge in [0.1, 0.15) is 11.5 Å². The van der Waals surface area contributed by atoms with Crippen LogP contribution in [0.15, 0.2) is 84.9 Å². The van der Waals surface area contributed by atoms with Crippen LogP contribution < -0.4 is 0 Å². The molecule has 0 aromatic heterocycles. The van der Waals surface area contributed by atoms with E-state index in [1.807, 2.05) is 48.5 Å². The number of phenolic OH excluding ortho intramolecular Hbond substituents is 2. The summed E-state index contributed by atoms with van der Waals surface area (Å²) >= 11 is 0. The van der Waals surface area contributed by atoms with E-state index in [2.05, 4.69) is 38.1 Å². The van der Waals surface area contributed by atoms with Gasteiger partial charge >= 0.3 is 0 Å². The Morgan fingerprint density at radius 1 is 0.690 bits per heavy atom. The minimum atomic E-state index is -0.265. The van der Waals surface area contributed by atoms with E-state index in [-0.39, 0.29) is 16.9 Å². The molecule has 2 N–H and O–H groups in total. The molecule has 0 unspecified atom stereocenters. The molecule has 4 aromatic rings. The van der Waals surface area contributed by atoms with Crippen LogP contribution in [0.5, 0.6) is 11.5 Å². The predicted octanol–water partition coefficient (Wildman–Crippen LogP) is 6.83. The van der Waals surface area contributed by atoms with Gasteiger partial charge in [-0.05, 0) is 58.4 Å². The fraction of sp³-hybridized carbons (Fsp3) is 0.185. The number of aromatic hydroxyl groups is 2. The molecule has 146 valence electrons. The monoisotopic (exact) mass is 382 g/mol. The molecule has 4 aromatic carbocycles. The SMILES string of the molecule is CC(C)(CCc1ccccc1)c1cc(O)c(-c2ccc3ccccc3c2)cc1O. The van der Waals surface area contributed by atoms with E-state index in [0.717, 1.165) is 34.7 Å². The van der Waals surface area contributed by atoms with E-state index in [4.69, 9.17) is 0 Å². The number of hydrogen-bond donors (Lipinski definition) is 2. The van der Waals surface area contributed by atoms with Crippen molar-refractivity contribution in [3.63, 3.8) is 0 Å². The molecule has 0 radical (unpaired) electrons. The highest BCUT2D eigenvalue weighted by Gasteiger charge is 2.25. The van der Waals surface area contributed by atoms with Gasteiger partial charge in [-0.15, -0.1) is 0 Å². The van der Waals surface area contributed by atoms with E-state index < -0.39 is 0 Å². The second-order valence-electron chi connectivity index (χ2n) is 8.32.